The molecule has 0 amide bonds. The fourth-order valence-electron chi connectivity index (χ4n) is 2.19. The van der Waals surface area contributed by atoms with Crippen LogP contribution in [0.2, 0.25) is 0 Å². The summed E-state index contributed by atoms with van der Waals surface area (Å²) in [7, 11) is 8.00. The van der Waals surface area contributed by atoms with Crippen LogP contribution in [0.3, 0.4) is 0 Å². The monoisotopic (exact) mass is 252 g/mol. The Bertz CT molecular complexity index is 391. The van der Waals surface area contributed by atoms with Crippen molar-refractivity contribution in [3.05, 3.63) is 17.0 Å². The second-order valence-corrected chi connectivity index (χ2v) is 5.07. The van der Waals surface area contributed by atoms with Crippen LogP contribution >= 0.6 is 0 Å². The Labute approximate surface area is 109 Å². The number of aliphatic imine (C=N–C) groups is 1. The molecule has 0 radical (unpaired) electrons. The quantitative estimate of drug-likeness (QED) is 0.608. The van der Waals surface area contributed by atoms with Crippen LogP contribution < -0.4 is 0 Å². The molecule has 0 N–H and O–H groups in total. The number of hydrogen-bond acceptors (Lipinski definition) is 3. The second kappa shape index (κ2) is 5.89. The number of guanidine groups is 1. The van der Waals surface area contributed by atoms with Gasteiger partial charge in [0.15, 0.2) is 5.96 Å². The van der Waals surface area contributed by atoms with Gasteiger partial charge in [-0.05, 0) is 13.8 Å². The van der Waals surface area contributed by atoms with Crippen LogP contribution in [0.1, 0.15) is 29.9 Å². The summed E-state index contributed by atoms with van der Waals surface area (Å²) in [6, 6.07) is 0. The molecule has 0 aromatic carbocycles. The van der Waals surface area contributed by atoms with Gasteiger partial charge in [0.05, 0.1) is 5.69 Å². The molecule has 1 unspecified atom stereocenters. The molecule has 102 valence electrons. The van der Waals surface area contributed by atoms with Crippen LogP contribution in [0.5, 0.6) is 0 Å². The minimum absolute atomic E-state index is 0.311. The molecule has 1 aromatic rings. The Morgan fingerprint density at radius 3 is 2.17 bits per heavy atom. The number of hydrogen-bond donors (Lipinski definition) is 0. The number of aromatic nitrogens is 1. The van der Waals surface area contributed by atoms with Crippen LogP contribution in [0.4, 0.5) is 0 Å². The van der Waals surface area contributed by atoms with Crippen molar-refractivity contribution in [2.75, 3.05) is 34.7 Å². The summed E-state index contributed by atoms with van der Waals surface area (Å²) in [6.45, 7) is 6.81. The molecule has 0 fully saturated rings. The molecule has 0 aliphatic carbocycles. The molecule has 1 atom stereocenters. The maximum atomic E-state index is 5.20. The van der Waals surface area contributed by atoms with Crippen molar-refractivity contribution < 1.29 is 4.52 Å². The van der Waals surface area contributed by atoms with Crippen LogP contribution in [0.15, 0.2) is 9.52 Å². The summed E-state index contributed by atoms with van der Waals surface area (Å²) in [5, 5.41) is 3.99. The first kappa shape index (κ1) is 14.5. The van der Waals surface area contributed by atoms with E-state index in [1.165, 1.54) is 5.56 Å². The lowest BCUT2D eigenvalue weighted by Gasteiger charge is -2.23. The molecule has 0 spiro atoms. The molecular weight excluding hydrogens is 228 g/mol. The van der Waals surface area contributed by atoms with Crippen molar-refractivity contribution in [3.63, 3.8) is 0 Å². The number of nitrogens with zero attached hydrogens (tertiary/aromatic N) is 4. The van der Waals surface area contributed by atoms with E-state index in [0.29, 0.717) is 5.92 Å². The summed E-state index contributed by atoms with van der Waals surface area (Å²) in [4.78, 5) is 8.69. The summed E-state index contributed by atoms with van der Waals surface area (Å²) in [6.07, 6.45) is 0. The zero-order chi connectivity index (χ0) is 13.9. The molecule has 18 heavy (non-hydrogen) atoms. The fraction of sp³-hybridized carbons (Fsp3) is 0.692. The highest BCUT2D eigenvalue weighted by atomic mass is 16.5. The van der Waals surface area contributed by atoms with Crippen LogP contribution in [0.25, 0.3) is 0 Å². The van der Waals surface area contributed by atoms with Gasteiger partial charge in [-0.15, -0.1) is 0 Å². The minimum Gasteiger partial charge on any atom is -0.361 e. The molecule has 5 nitrogen and oxygen atoms in total. The highest BCUT2D eigenvalue weighted by Gasteiger charge is 2.16. The zero-order valence-corrected chi connectivity index (χ0v) is 12.5. The molecule has 1 aromatic heterocycles. The Kier molecular flexibility index (Phi) is 4.76. The molecule has 0 saturated carbocycles. The van der Waals surface area contributed by atoms with E-state index >= 15 is 0 Å². The third-order valence-corrected chi connectivity index (χ3v) is 2.89. The third-order valence-electron chi connectivity index (χ3n) is 2.89. The Hall–Kier alpha value is -1.52. The van der Waals surface area contributed by atoms with E-state index in [1.807, 2.05) is 51.8 Å². The summed E-state index contributed by atoms with van der Waals surface area (Å²) in [5.74, 6) is 2.17. The van der Waals surface area contributed by atoms with Gasteiger partial charge in [0, 0.05) is 46.2 Å². The Balaban J connectivity index is 2.82. The van der Waals surface area contributed by atoms with E-state index in [1.54, 1.807) is 0 Å². The standard InChI is InChI=1S/C13H24N4O/c1-9(12-10(2)15-18-11(12)3)8-14-13(16(4)5)17(6)7/h9H,8H2,1-7H3. The molecule has 0 aliphatic heterocycles. The number of rotatable bonds is 3. The SMILES string of the molecule is Cc1noc(C)c1C(C)CN=C(N(C)C)N(C)C. The van der Waals surface area contributed by atoms with E-state index in [-0.39, 0.29) is 0 Å². The maximum Gasteiger partial charge on any atom is 0.195 e. The van der Waals surface area contributed by atoms with E-state index in [0.717, 1.165) is 24.0 Å². The van der Waals surface area contributed by atoms with E-state index in [9.17, 15) is 0 Å². The van der Waals surface area contributed by atoms with Gasteiger partial charge in [0.2, 0.25) is 0 Å². The van der Waals surface area contributed by atoms with Crippen LogP contribution in [-0.4, -0.2) is 55.7 Å². The van der Waals surface area contributed by atoms with Crippen LogP contribution in [-0.2, 0) is 0 Å². The van der Waals surface area contributed by atoms with E-state index in [4.69, 9.17) is 4.52 Å². The van der Waals surface area contributed by atoms with Crippen molar-refractivity contribution >= 4 is 5.96 Å². The first-order valence-corrected chi connectivity index (χ1v) is 6.16. The first-order valence-electron chi connectivity index (χ1n) is 6.16. The predicted molar refractivity (Wildman–Crippen MR) is 74.1 cm³/mol. The minimum atomic E-state index is 0.311. The average Bonchev–Trinajstić information content (AvgIpc) is 2.57. The van der Waals surface area contributed by atoms with Crippen molar-refractivity contribution in [2.45, 2.75) is 26.7 Å². The predicted octanol–water partition coefficient (Wildman–Crippen LogP) is 1.87. The normalized spacial score (nSPS) is 12.2. The molecule has 1 heterocycles. The van der Waals surface area contributed by atoms with Gasteiger partial charge in [0.1, 0.15) is 5.76 Å². The molecular formula is C13H24N4O. The lowest BCUT2D eigenvalue weighted by atomic mass is 10.00. The molecule has 0 aliphatic rings. The van der Waals surface area contributed by atoms with Gasteiger partial charge in [0.25, 0.3) is 0 Å². The molecule has 0 bridgehead atoms. The van der Waals surface area contributed by atoms with Gasteiger partial charge in [-0.25, -0.2) is 0 Å². The lowest BCUT2D eigenvalue weighted by Crippen LogP contribution is -2.35. The van der Waals surface area contributed by atoms with E-state index < -0.39 is 0 Å². The molecule has 1 rings (SSSR count). The van der Waals surface area contributed by atoms with Gasteiger partial charge in [-0.1, -0.05) is 12.1 Å². The van der Waals surface area contributed by atoms with E-state index in [2.05, 4.69) is 17.1 Å². The van der Waals surface area contributed by atoms with Gasteiger partial charge in [-0.2, -0.15) is 0 Å². The average molecular weight is 252 g/mol. The third kappa shape index (κ3) is 3.24. The largest absolute Gasteiger partial charge is 0.361 e. The zero-order valence-electron chi connectivity index (χ0n) is 12.5. The summed E-state index contributed by atoms with van der Waals surface area (Å²) >= 11 is 0. The van der Waals surface area contributed by atoms with Crippen molar-refractivity contribution in [2.24, 2.45) is 4.99 Å². The molecule has 5 heteroatoms. The topological polar surface area (TPSA) is 44.9 Å². The fourth-order valence-corrected chi connectivity index (χ4v) is 2.19. The number of aryl methyl sites for hydroxylation is 2. The Morgan fingerprint density at radius 2 is 1.78 bits per heavy atom. The highest BCUT2D eigenvalue weighted by Crippen LogP contribution is 2.23. The van der Waals surface area contributed by atoms with Crippen molar-refractivity contribution in [1.82, 2.24) is 15.0 Å². The van der Waals surface area contributed by atoms with Crippen LogP contribution in [0, 0.1) is 13.8 Å². The van der Waals surface area contributed by atoms with Gasteiger partial charge >= 0.3 is 0 Å². The van der Waals surface area contributed by atoms with Gasteiger partial charge < -0.3 is 14.3 Å². The van der Waals surface area contributed by atoms with Gasteiger partial charge in [-0.3, -0.25) is 4.99 Å². The first-order chi connectivity index (χ1) is 8.34. The summed E-state index contributed by atoms with van der Waals surface area (Å²) in [5.41, 5.74) is 2.14. The Morgan fingerprint density at radius 1 is 1.22 bits per heavy atom. The maximum absolute atomic E-state index is 5.20. The lowest BCUT2D eigenvalue weighted by molar-refractivity contribution is 0.391. The second-order valence-electron chi connectivity index (χ2n) is 5.07. The highest BCUT2D eigenvalue weighted by molar-refractivity contribution is 5.79. The van der Waals surface area contributed by atoms with Crippen molar-refractivity contribution in [1.29, 1.82) is 0 Å². The smallest absolute Gasteiger partial charge is 0.195 e. The van der Waals surface area contributed by atoms with Crippen molar-refractivity contribution in [3.8, 4) is 0 Å². The summed E-state index contributed by atoms with van der Waals surface area (Å²) < 4.78 is 5.20. The molecule has 0 saturated heterocycles.